The van der Waals surface area contributed by atoms with Gasteiger partial charge in [0.25, 0.3) is 0 Å². The fraction of sp³-hybridized carbons (Fsp3) is 0.192. The fourth-order valence-corrected chi connectivity index (χ4v) is 4.06. The van der Waals surface area contributed by atoms with Crippen molar-refractivity contribution in [3.63, 3.8) is 0 Å². The molecule has 8 nitrogen and oxygen atoms in total. The molecule has 5 rings (SSSR count). The van der Waals surface area contributed by atoms with Crippen molar-refractivity contribution < 1.29 is 4.79 Å². The molecule has 0 aliphatic carbocycles. The molecule has 1 saturated heterocycles. The van der Waals surface area contributed by atoms with Crippen molar-refractivity contribution in [1.29, 1.82) is 0 Å². The second kappa shape index (κ2) is 9.66. The summed E-state index contributed by atoms with van der Waals surface area (Å²) in [6.07, 6.45) is 10.3. The lowest BCUT2D eigenvalue weighted by molar-refractivity contribution is -0.111. The number of rotatable bonds is 6. The molecule has 3 aromatic heterocycles. The average molecular weight is 452 g/mol. The zero-order chi connectivity index (χ0) is 23.3. The third kappa shape index (κ3) is 4.71. The van der Waals surface area contributed by atoms with Gasteiger partial charge in [0, 0.05) is 42.1 Å². The van der Waals surface area contributed by atoms with Crippen LogP contribution in [-0.4, -0.2) is 38.9 Å². The number of piperidine rings is 1. The zero-order valence-corrected chi connectivity index (χ0v) is 18.7. The van der Waals surface area contributed by atoms with E-state index in [0.29, 0.717) is 22.8 Å². The standard InChI is InChI=1S/C26H25N7O/c1-2-23(34)30-20-8-6-7-18(15-20)24-25-19(11-12-27-24)16-29-26(32-25)31-21-9-10-22(28-17-21)33-13-4-3-5-14-33/h2,6-12,15-17H,1,3-5,13-14H2,(H,30,34)(H,29,31,32). The lowest BCUT2D eigenvalue weighted by Crippen LogP contribution is -2.29. The highest BCUT2D eigenvalue weighted by Gasteiger charge is 2.13. The Balaban J connectivity index is 1.41. The predicted octanol–water partition coefficient (Wildman–Crippen LogP) is 4.95. The van der Waals surface area contributed by atoms with Crippen LogP contribution in [0.1, 0.15) is 19.3 Å². The van der Waals surface area contributed by atoms with Crippen LogP contribution in [0.25, 0.3) is 22.2 Å². The van der Waals surface area contributed by atoms with E-state index in [1.54, 1.807) is 12.4 Å². The van der Waals surface area contributed by atoms with Crippen molar-refractivity contribution in [2.75, 3.05) is 28.6 Å². The summed E-state index contributed by atoms with van der Waals surface area (Å²) in [7, 11) is 0. The van der Waals surface area contributed by atoms with Crippen LogP contribution in [0.5, 0.6) is 0 Å². The van der Waals surface area contributed by atoms with Crippen molar-refractivity contribution in [2.24, 2.45) is 0 Å². The lowest BCUT2D eigenvalue weighted by Gasteiger charge is -2.27. The molecule has 0 unspecified atom stereocenters. The molecule has 1 aliphatic heterocycles. The Kier molecular flexibility index (Phi) is 6.11. The first-order valence-electron chi connectivity index (χ1n) is 11.3. The highest BCUT2D eigenvalue weighted by atomic mass is 16.1. The summed E-state index contributed by atoms with van der Waals surface area (Å²) in [4.78, 5) is 32.4. The maximum absolute atomic E-state index is 11.7. The summed E-state index contributed by atoms with van der Waals surface area (Å²) in [5, 5.41) is 6.90. The van der Waals surface area contributed by atoms with Gasteiger partial charge in [-0.25, -0.2) is 15.0 Å². The van der Waals surface area contributed by atoms with Crippen molar-refractivity contribution in [2.45, 2.75) is 19.3 Å². The first-order valence-corrected chi connectivity index (χ1v) is 11.3. The van der Waals surface area contributed by atoms with Gasteiger partial charge in [-0.3, -0.25) is 9.78 Å². The van der Waals surface area contributed by atoms with E-state index >= 15 is 0 Å². The van der Waals surface area contributed by atoms with Gasteiger partial charge in [-0.1, -0.05) is 18.7 Å². The molecule has 1 amide bonds. The summed E-state index contributed by atoms with van der Waals surface area (Å²) in [5.41, 5.74) is 3.74. The molecule has 4 aromatic rings. The summed E-state index contributed by atoms with van der Waals surface area (Å²) in [5.74, 6) is 1.20. The quantitative estimate of drug-likeness (QED) is 0.401. The molecule has 0 radical (unpaired) electrons. The average Bonchev–Trinajstić information content (AvgIpc) is 2.89. The number of anilines is 4. The van der Waals surface area contributed by atoms with Crippen molar-refractivity contribution in [3.8, 4) is 11.3 Å². The molecule has 4 heterocycles. The van der Waals surface area contributed by atoms with Gasteiger partial charge in [0.05, 0.1) is 17.6 Å². The number of nitrogens with one attached hydrogen (secondary N) is 2. The Morgan fingerprint density at radius 2 is 1.85 bits per heavy atom. The van der Waals surface area contributed by atoms with Crippen molar-refractivity contribution in [3.05, 3.63) is 73.7 Å². The van der Waals surface area contributed by atoms with E-state index in [-0.39, 0.29) is 5.91 Å². The molecule has 0 spiro atoms. The molecule has 0 atom stereocenters. The van der Waals surface area contributed by atoms with E-state index < -0.39 is 0 Å². The second-order valence-electron chi connectivity index (χ2n) is 8.14. The number of carbonyl (C=O) groups is 1. The van der Waals surface area contributed by atoms with Gasteiger partial charge in [0.2, 0.25) is 11.9 Å². The summed E-state index contributed by atoms with van der Waals surface area (Å²) >= 11 is 0. The third-order valence-electron chi connectivity index (χ3n) is 5.77. The maximum atomic E-state index is 11.7. The monoisotopic (exact) mass is 451 g/mol. The van der Waals surface area contributed by atoms with Crippen LogP contribution in [0.3, 0.4) is 0 Å². The van der Waals surface area contributed by atoms with Gasteiger partial charge >= 0.3 is 0 Å². The first kappa shape index (κ1) is 21.5. The number of fused-ring (bicyclic) bond motifs is 1. The lowest BCUT2D eigenvalue weighted by atomic mass is 10.1. The smallest absolute Gasteiger partial charge is 0.247 e. The Morgan fingerprint density at radius 3 is 2.65 bits per heavy atom. The number of hydrogen-bond acceptors (Lipinski definition) is 7. The van der Waals surface area contributed by atoms with Gasteiger partial charge in [-0.2, -0.15) is 0 Å². The van der Waals surface area contributed by atoms with E-state index in [1.165, 1.54) is 25.3 Å². The summed E-state index contributed by atoms with van der Waals surface area (Å²) in [6.45, 7) is 5.61. The highest BCUT2D eigenvalue weighted by Crippen LogP contribution is 2.28. The van der Waals surface area contributed by atoms with Crippen molar-refractivity contribution in [1.82, 2.24) is 19.9 Å². The largest absolute Gasteiger partial charge is 0.357 e. The van der Waals surface area contributed by atoms with E-state index in [1.807, 2.05) is 48.7 Å². The van der Waals surface area contributed by atoms with Gasteiger partial charge in [0.15, 0.2) is 0 Å². The second-order valence-corrected chi connectivity index (χ2v) is 8.14. The Labute approximate surface area is 197 Å². The molecule has 0 saturated carbocycles. The van der Waals surface area contributed by atoms with Crippen LogP contribution in [0.4, 0.5) is 23.1 Å². The highest BCUT2D eigenvalue weighted by molar-refractivity contribution is 5.99. The number of carbonyl (C=O) groups excluding carboxylic acids is 1. The molecule has 1 fully saturated rings. The SMILES string of the molecule is C=CC(=O)Nc1cccc(-c2nccc3cnc(Nc4ccc(N5CCCCC5)nc4)nc23)c1. The van der Waals surface area contributed by atoms with Crippen LogP contribution in [0, 0.1) is 0 Å². The van der Waals surface area contributed by atoms with E-state index in [4.69, 9.17) is 4.98 Å². The predicted molar refractivity (Wildman–Crippen MR) is 135 cm³/mol. The topological polar surface area (TPSA) is 95.9 Å². The maximum Gasteiger partial charge on any atom is 0.247 e. The van der Waals surface area contributed by atoms with Gasteiger partial charge in [-0.05, 0) is 55.7 Å². The Hall–Kier alpha value is -4.33. The Morgan fingerprint density at radius 1 is 0.971 bits per heavy atom. The molecular weight excluding hydrogens is 426 g/mol. The number of benzene rings is 1. The van der Waals surface area contributed by atoms with Crippen LogP contribution in [0.15, 0.2) is 73.7 Å². The van der Waals surface area contributed by atoms with Crippen LogP contribution in [0.2, 0.25) is 0 Å². The van der Waals surface area contributed by atoms with E-state index in [2.05, 4.69) is 37.1 Å². The number of amides is 1. The first-order chi connectivity index (χ1) is 16.7. The number of aromatic nitrogens is 4. The van der Waals surface area contributed by atoms with Crippen LogP contribution >= 0.6 is 0 Å². The Bertz CT molecular complexity index is 1330. The molecule has 170 valence electrons. The van der Waals surface area contributed by atoms with E-state index in [0.717, 1.165) is 35.5 Å². The molecule has 1 aliphatic rings. The normalized spacial score (nSPS) is 13.5. The molecular formula is C26H25N7O. The minimum atomic E-state index is -0.267. The van der Waals surface area contributed by atoms with Crippen LogP contribution < -0.4 is 15.5 Å². The number of nitrogens with zero attached hydrogens (tertiary/aromatic N) is 5. The minimum absolute atomic E-state index is 0.267. The molecule has 0 bridgehead atoms. The molecule has 34 heavy (non-hydrogen) atoms. The van der Waals surface area contributed by atoms with E-state index in [9.17, 15) is 4.79 Å². The van der Waals surface area contributed by atoms with Gasteiger partial charge < -0.3 is 15.5 Å². The minimum Gasteiger partial charge on any atom is -0.357 e. The molecule has 1 aromatic carbocycles. The molecule has 8 heteroatoms. The number of pyridine rings is 2. The van der Waals surface area contributed by atoms with Crippen LogP contribution in [-0.2, 0) is 4.79 Å². The third-order valence-corrected chi connectivity index (χ3v) is 5.77. The van der Waals surface area contributed by atoms with Gasteiger partial charge in [0.1, 0.15) is 11.3 Å². The molecule has 2 N–H and O–H groups in total. The fourth-order valence-electron chi connectivity index (χ4n) is 4.06. The summed E-state index contributed by atoms with van der Waals surface area (Å²) in [6, 6.07) is 13.4. The van der Waals surface area contributed by atoms with Gasteiger partial charge in [-0.15, -0.1) is 0 Å². The summed E-state index contributed by atoms with van der Waals surface area (Å²) < 4.78 is 0. The number of hydrogen-bond donors (Lipinski definition) is 2. The zero-order valence-electron chi connectivity index (χ0n) is 18.7. The van der Waals surface area contributed by atoms with Crippen molar-refractivity contribution >= 4 is 40.0 Å².